The molecule has 0 radical (unpaired) electrons. The molecule has 2 atom stereocenters. The van der Waals surface area contributed by atoms with Crippen LogP contribution in [0.2, 0.25) is 0 Å². The molecule has 0 aliphatic carbocycles. The molecule has 4 nitrogen and oxygen atoms in total. The second kappa shape index (κ2) is 8.99. The third-order valence-corrected chi connectivity index (χ3v) is 4.17. The Bertz CT molecular complexity index is 509. The second-order valence-electron chi connectivity index (χ2n) is 5.87. The predicted molar refractivity (Wildman–Crippen MR) is 86.7 cm³/mol. The van der Waals surface area contributed by atoms with Crippen molar-refractivity contribution < 1.29 is 18.7 Å². The fourth-order valence-electron chi connectivity index (χ4n) is 3.01. The largest absolute Gasteiger partial charge is 0.379 e. The van der Waals surface area contributed by atoms with Crippen LogP contribution in [0.3, 0.4) is 0 Å². The molecule has 23 heavy (non-hydrogen) atoms. The van der Waals surface area contributed by atoms with Crippen LogP contribution in [0, 0.1) is 5.82 Å². The first-order chi connectivity index (χ1) is 11.1. The number of carbonyl (C=O) groups excluding carboxylic acids is 1. The van der Waals surface area contributed by atoms with Crippen molar-refractivity contribution in [2.24, 2.45) is 0 Å². The minimum Gasteiger partial charge on any atom is -0.379 e. The summed E-state index contributed by atoms with van der Waals surface area (Å²) in [4.78, 5) is 14.4. The van der Waals surface area contributed by atoms with E-state index < -0.39 is 6.10 Å². The van der Waals surface area contributed by atoms with Crippen LogP contribution in [0.25, 0.3) is 0 Å². The Morgan fingerprint density at radius 2 is 2.26 bits per heavy atom. The van der Waals surface area contributed by atoms with Gasteiger partial charge in [0.2, 0.25) is 0 Å². The average molecular weight is 323 g/mol. The maximum Gasteiger partial charge on any atom is 0.251 e. The standard InChI is InChI=1S/C18H26FNO3/c1-3-22-10-11-23-14(2)18(21)20-9-5-8-17(20)13-15-6-4-7-16(19)12-15/h4,6-7,12,14,17H,3,5,8-11,13H2,1-2H3/t14-,17-/m1/s1. The quantitative estimate of drug-likeness (QED) is 0.691. The molecule has 0 aromatic heterocycles. The van der Waals surface area contributed by atoms with Crippen molar-refractivity contribution in [3.8, 4) is 0 Å². The van der Waals surface area contributed by atoms with Crippen LogP contribution < -0.4 is 0 Å². The minimum atomic E-state index is -0.469. The summed E-state index contributed by atoms with van der Waals surface area (Å²) in [5.41, 5.74) is 0.930. The highest BCUT2D eigenvalue weighted by molar-refractivity contribution is 5.81. The van der Waals surface area contributed by atoms with Gasteiger partial charge in [0, 0.05) is 19.2 Å². The molecule has 1 aliphatic heterocycles. The fraction of sp³-hybridized carbons (Fsp3) is 0.611. The molecule has 1 saturated heterocycles. The number of nitrogens with zero attached hydrogens (tertiary/aromatic N) is 1. The van der Waals surface area contributed by atoms with E-state index in [9.17, 15) is 9.18 Å². The molecule has 0 spiro atoms. The van der Waals surface area contributed by atoms with Crippen molar-refractivity contribution in [1.82, 2.24) is 4.90 Å². The zero-order valence-electron chi connectivity index (χ0n) is 14.0. The lowest BCUT2D eigenvalue weighted by molar-refractivity contribution is -0.144. The van der Waals surface area contributed by atoms with E-state index in [-0.39, 0.29) is 17.8 Å². The van der Waals surface area contributed by atoms with Crippen LogP contribution in [0.15, 0.2) is 24.3 Å². The highest BCUT2D eigenvalue weighted by atomic mass is 19.1. The van der Waals surface area contributed by atoms with Gasteiger partial charge in [0.05, 0.1) is 13.2 Å². The number of likely N-dealkylation sites (tertiary alicyclic amines) is 1. The van der Waals surface area contributed by atoms with Crippen LogP contribution >= 0.6 is 0 Å². The monoisotopic (exact) mass is 323 g/mol. The van der Waals surface area contributed by atoms with Gasteiger partial charge in [-0.1, -0.05) is 12.1 Å². The Kier molecular flexibility index (Phi) is 6.99. The summed E-state index contributed by atoms with van der Waals surface area (Å²) in [5, 5.41) is 0. The highest BCUT2D eigenvalue weighted by Gasteiger charge is 2.31. The first-order valence-electron chi connectivity index (χ1n) is 8.36. The Morgan fingerprint density at radius 1 is 1.43 bits per heavy atom. The van der Waals surface area contributed by atoms with Crippen molar-refractivity contribution in [2.75, 3.05) is 26.4 Å². The molecule has 0 N–H and O–H groups in total. The van der Waals surface area contributed by atoms with E-state index in [1.54, 1.807) is 19.1 Å². The van der Waals surface area contributed by atoms with Crippen molar-refractivity contribution in [2.45, 2.75) is 45.3 Å². The lowest BCUT2D eigenvalue weighted by Gasteiger charge is -2.27. The SMILES string of the molecule is CCOCCO[C@H](C)C(=O)N1CCC[C@@H]1Cc1cccc(F)c1. The molecule has 128 valence electrons. The molecule has 1 aromatic rings. The van der Waals surface area contributed by atoms with Gasteiger partial charge in [-0.15, -0.1) is 0 Å². The van der Waals surface area contributed by atoms with Gasteiger partial charge in [-0.05, 0) is 50.8 Å². The van der Waals surface area contributed by atoms with Gasteiger partial charge >= 0.3 is 0 Å². The molecule has 0 unspecified atom stereocenters. The summed E-state index contributed by atoms with van der Waals surface area (Å²) in [6.45, 7) is 6.02. The van der Waals surface area contributed by atoms with Gasteiger partial charge < -0.3 is 14.4 Å². The van der Waals surface area contributed by atoms with Gasteiger partial charge in [-0.2, -0.15) is 0 Å². The van der Waals surface area contributed by atoms with Gasteiger partial charge in [0.1, 0.15) is 11.9 Å². The predicted octanol–water partition coefficient (Wildman–Crippen LogP) is 2.80. The number of ether oxygens (including phenoxy) is 2. The van der Waals surface area contributed by atoms with Crippen LogP contribution in [0.5, 0.6) is 0 Å². The number of hydrogen-bond acceptors (Lipinski definition) is 3. The third-order valence-electron chi connectivity index (χ3n) is 4.17. The van der Waals surface area contributed by atoms with E-state index in [1.807, 2.05) is 17.9 Å². The molecule has 1 fully saturated rings. The van der Waals surface area contributed by atoms with Gasteiger partial charge in [-0.25, -0.2) is 4.39 Å². The second-order valence-corrected chi connectivity index (χ2v) is 5.87. The maximum atomic E-state index is 13.3. The van der Waals surface area contributed by atoms with Crippen molar-refractivity contribution >= 4 is 5.91 Å². The molecule has 1 aromatic carbocycles. The Labute approximate surface area is 137 Å². The summed E-state index contributed by atoms with van der Waals surface area (Å²) < 4.78 is 24.1. The zero-order valence-corrected chi connectivity index (χ0v) is 14.0. The van der Waals surface area contributed by atoms with Crippen LogP contribution in [-0.4, -0.2) is 49.3 Å². The van der Waals surface area contributed by atoms with E-state index in [0.717, 1.165) is 24.9 Å². The number of benzene rings is 1. The molecule has 1 amide bonds. The Hall–Kier alpha value is -1.46. The summed E-state index contributed by atoms with van der Waals surface area (Å²) in [6.07, 6.45) is 2.16. The smallest absolute Gasteiger partial charge is 0.251 e. The topological polar surface area (TPSA) is 38.8 Å². The Morgan fingerprint density at radius 3 is 3.00 bits per heavy atom. The van der Waals surface area contributed by atoms with Gasteiger partial charge in [0.15, 0.2) is 0 Å². The number of rotatable bonds is 8. The van der Waals surface area contributed by atoms with E-state index in [2.05, 4.69) is 0 Å². The molecular formula is C18H26FNO3. The summed E-state index contributed by atoms with van der Waals surface area (Å²) in [7, 11) is 0. The van der Waals surface area contributed by atoms with Crippen LogP contribution in [-0.2, 0) is 20.7 Å². The van der Waals surface area contributed by atoms with E-state index in [1.165, 1.54) is 6.07 Å². The van der Waals surface area contributed by atoms with E-state index in [4.69, 9.17) is 9.47 Å². The maximum absolute atomic E-state index is 13.3. The lowest BCUT2D eigenvalue weighted by atomic mass is 10.0. The van der Waals surface area contributed by atoms with Crippen molar-refractivity contribution in [3.05, 3.63) is 35.6 Å². The lowest BCUT2D eigenvalue weighted by Crippen LogP contribution is -2.43. The summed E-state index contributed by atoms with van der Waals surface area (Å²) in [5.74, 6) is -0.216. The van der Waals surface area contributed by atoms with Crippen LogP contribution in [0.1, 0.15) is 32.3 Å². The normalized spacial score (nSPS) is 19.1. The molecule has 1 heterocycles. The zero-order chi connectivity index (χ0) is 16.7. The minimum absolute atomic E-state index is 0.0143. The molecule has 5 heteroatoms. The Balaban J connectivity index is 1.88. The number of amides is 1. The number of hydrogen-bond donors (Lipinski definition) is 0. The van der Waals surface area contributed by atoms with Gasteiger partial charge in [0.25, 0.3) is 5.91 Å². The molecule has 0 bridgehead atoms. The highest BCUT2D eigenvalue weighted by Crippen LogP contribution is 2.22. The van der Waals surface area contributed by atoms with E-state index >= 15 is 0 Å². The van der Waals surface area contributed by atoms with Crippen molar-refractivity contribution in [1.29, 1.82) is 0 Å². The number of carbonyl (C=O) groups is 1. The molecule has 2 rings (SSSR count). The summed E-state index contributed by atoms with van der Waals surface area (Å²) >= 11 is 0. The molecular weight excluding hydrogens is 297 g/mol. The molecule has 1 aliphatic rings. The van der Waals surface area contributed by atoms with Crippen LogP contribution in [0.4, 0.5) is 4.39 Å². The third kappa shape index (κ3) is 5.29. The first-order valence-corrected chi connectivity index (χ1v) is 8.36. The first kappa shape index (κ1) is 17.9. The van der Waals surface area contributed by atoms with Crippen molar-refractivity contribution in [3.63, 3.8) is 0 Å². The summed E-state index contributed by atoms with van der Waals surface area (Å²) in [6, 6.07) is 6.73. The van der Waals surface area contributed by atoms with E-state index in [0.29, 0.717) is 26.2 Å². The fourth-order valence-corrected chi connectivity index (χ4v) is 3.01. The number of halogens is 1. The molecule has 0 saturated carbocycles. The average Bonchev–Trinajstić information content (AvgIpc) is 2.98. The van der Waals surface area contributed by atoms with Gasteiger partial charge in [-0.3, -0.25) is 4.79 Å².